The third-order valence-electron chi connectivity index (χ3n) is 3.52. The second kappa shape index (κ2) is 4.88. The Labute approximate surface area is 98.4 Å². The number of hydrogen-bond donors (Lipinski definition) is 1. The summed E-state index contributed by atoms with van der Waals surface area (Å²) in [6.07, 6.45) is 5.04. The Morgan fingerprint density at radius 2 is 1.94 bits per heavy atom. The SMILES string of the molecule is CC(N)Cc1ccc(N(C)C2CCC2)cc1. The highest BCUT2D eigenvalue weighted by molar-refractivity contribution is 5.48. The molecule has 0 amide bonds. The lowest BCUT2D eigenvalue weighted by Crippen LogP contribution is -2.37. The standard InChI is InChI=1S/C14H22N2/c1-11(15)10-12-6-8-14(9-7-12)16(2)13-4-3-5-13/h6-9,11,13H,3-5,10,15H2,1-2H3. The smallest absolute Gasteiger partial charge is 0.0366 e. The van der Waals surface area contributed by atoms with Gasteiger partial charge in [-0.15, -0.1) is 0 Å². The van der Waals surface area contributed by atoms with E-state index in [-0.39, 0.29) is 6.04 Å². The van der Waals surface area contributed by atoms with Crippen molar-refractivity contribution in [1.82, 2.24) is 0 Å². The molecule has 0 spiro atoms. The Hall–Kier alpha value is -1.02. The van der Waals surface area contributed by atoms with Crippen molar-refractivity contribution in [3.05, 3.63) is 29.8 Å². The molecule has 1 aliphatic rings. The topological polar surface area (TPSA) is 29.3 Å². The van der Waals surface area contributed by atoms with Gasteiger partial charge in [-0.1, -0.05) is 12.1 Å². The Morgan fingerprint density at radius 1 is 1.31 bits per heavy atom. The van der Waals surface area contributed by atoms with Gasteiger partial charge in [-0.3, -0.25) is 0 Å². The van der Waals surface area contributed by atoms with Crippen LogP contribution in [0.4, 0.5) is 5.69 Å². The molecule has 0 heterocycles. The van der Waals surface area contributed by atoms with Crippen LogP contribution in [0.3, 0.4) is 0 Å². The van der Waals surface area contributed by atoms with Crippen molar-refractivity contribution in [2.75, 3.05) is 11.9 Å². The molecule has 2 nitrogen and oxygen atoms in total. The minimum atomic E-state index is 0.246. The van der Waals surface area contributed by atoms with Gasteiger partial charge >= 0.3 is 0 Å². The first-order valence-corrected chi connectivity index (χ1v) is 6.24. The van der Waals surface area contributed by atoms with Crippen molar-refractivity contribution in [2.24, 2.45) is 5.73 Å². The second-order valence-electron chi connectivity index (χ2n) is 5.04. The lowest BCUT2D eigenvalue weighted by molar-refractivity contribution is 0.401. The van der Waals surface area contributed by atoms with Gasteiger partial charge in [0.2, 0.25) is 0 Å². The molecule has 0 bridgehead atoms. The molecule has 1 aliphatic carbocycles. The predicted octanol–water partition coefficient (Wildman–Crippen LogP) is 2.57. The first kappa shape index (κ1) is 11.5. The lowest BCUT2D eigenvalue weighted by atomic mass is 9.91. The summed E-state index contributed by atoms with van der Waals surface area (Å²) in [6.45, 7) is 2.05. The van der Waals surface area contributed by atoms with Crippen LogP contribution in [0.2, 0.25) is 0 Å². The molecule has 88 valence electrons. The summed E-state index contributed by atoms with van der Waals surface area (Å²) in [6, 6.07) is 9.85. The summed E-state index contributed by atoms with van der Waals surface area (Å²) in [5.74, 6) is 0. The van der Waals surface area contributed by atoms with Gasteiger partial charge in [0.05, 0.1) is 0 Å². The van der Waals surface area contributed by atoms with Crippen molar-refractivity contribution >= 4 is 5.69 Å². The molecule has 1 unspecified atom stereocenters. The van der Waals surface area contributed by atoms with Crippen molar-refractivity contribution in [3.63, 3.8) is 0 Å². The zero-order valence-electron chi connectivity index (χ0n) is 10.3. The van der Waals surface area contributed by atoms with Crippen molar-refractivity contribution in [3.8, 4) is 0 Å². The molecule has 2 heteroatoms. The van der Waals surface area contributed by atoms with E-state index < -0.39 is 0 Å². The molecule has 1 atom stereocenters. The molecule has 16 heavy (non-hydrogen) atoms. The number of hydrogen-bond acceptors (Lipinski definition) is 2. The van der Waals surface area contributed by atoms with E-state index in [1.54, 1.807) is 0 Å². The number of rotatable bonds is 4. The minimum Gasteiger partial charge on any atom is -0.372 e. The third kappa shape index (κ3) is 2.56. The van der Waals surface area contributed by atoms with Crippen LogP contribution in [0.25, 0.3) is 0 Å². The molecule has 1 aromatic carbocycles. The summed E-state index contributed by atoms with van der Waals surface area (Å²) >= 11 is 0. The second-order valence-corrected chi connectivity index (χ2v) is 5.04. The fourth-order valence-electron chi connectivity index (χ4n) is 2.22. The van der Waals surface area contributed by atoms with Crippen molar-refractivity contribution < 1.29 is 0 Å². The summed E-state index contributed by atoms with van der Waals surface area (Å²) in [7, 11) is 2.20. The molecule has 2 N–H and O–H groups in total. The summed E-state index contributed by atoms with van der Waals surface area (Å²) < 4.78 is 0. The van der Waals surface area contributed by atoms with Crippen LogP contribution < -0.4 is 10.6 Å². The van der Waals surface area contributed by atoms with E-state index in [0.29, 0.717) is 0 Å². The summed E-state index contributed by atoms with van der Waals surface area (Å²) in [4.78, 5) is 2.40. The molecule has 1 saturated carbocycles. The van der Waals surface area contributed by atoms with Crippen LogP contribution in [-0.2, 0) is 6.42 Å². The highest BCUT2D eigenvalue weighted by atomic mass is 15.1. The number of benzene rings is 1. The quantitative estimate of drug-likeness (QED) is 0.841. The van der Waals surface area contributed by atoms with Gasteiger partial charge in [0, 0.05) is 24.8 Å². The average Bonchev–Trinajstić information content (AvgIpc) is 2.15. The largest absolute Gasteiger partial charge is 0.372 e. The molecule has 0 saturated heterocycles. The zero-order chi connectivity index (χ0) is 11.5. The van der Waals surface area contributed by atoms with E-state index in [9.17, 15) is 0 Å². The Bertz CT molecular complexity index is 325. The normalized spacial score (nSPS) is 17.9. The highest BCUT2D eigenvalue weighted by Crippen LogP contribution is 2.28. The molecule has 2 rings (SSSR count). The average molecular weight is 218 g/mol. The van der Waals surface area contributed by atoms with Gasteiger partial charge in [-0.2, -0.15) is 0 Å². The van der Waals surface area contributed by atoms with E-state index in [1.807, 2.05) is 6.92 Å². The maximum absolute atomic E-state index is 5.79. The van der Waals surface area contributed by atoms with Crippen LogP contribution in [-0.4, -0.2) is 19.1 Å². The van der Waals surface area contributed by atoms with Gasteiger partial charge in [-0.05, 0) is 50.3 Å². The monoisotopic (exact) mass is 218 g/mol. The van der Waals surface area contributed by atoms with Gasteiger partial charge < -0.3 is 10.6 Å². The first-order chi connectivity index (χ1) is 7.66. The van der Waals surface area contributed by atoms with Crippen LogP contribution in [0.5, 0.6) is 0 Å². The Balaban J connectivity index is 2.00. The number of nitrogens with zero attached hydrogens (tertiary/aromatic N) is 1. The van der Waals surface area contributed by atoms with Crippen LogP contribution in [0.15, 0.2) is 24.3 Å². The maximum Gasteiger partial charge on any atom is 0.0366 e. The van der Waals surface area contributed by atoms with E-state index in [1.165, 1.54) is 30.5 Å². The molecule has 1 fully saturated rings. The molecular weight excluding hydrogens is 196 g/mol. The molecule has 0 aliphatic heterocycles. The maximum atomic E-state index is 5.79. The van der Waals surface area contributed by atoms with Gasteiger partial charge in [0.15, 0.2) is 0 Å². The molecule has 1 aromatic rings. The van der Waals surface area contributed by atoms with E-state index in [2.05, 4.69) is 36.2 Å². The molecule has 0 radical (unpaired) electrons. The summed E-state index contributed by atoms with van der Waals surface area (Å²) in [5, 5.41) is 0. The fraction of sp³-hybridized carbons (Fsp3) is 0.571. The van der Waals surface area contributed by atoms with Crippen LogP contribution in [0.1, 0.15) is 31.7 Å². The van der Waals surface area contributed by atoms with Gasteiger partial charge in [-0.25, -0.2) is 0 Å². The van der Waals surface area contributed by atoms with E-state index in [4.69, 9.17) is 5.73 Å². The lowest BCUT2D eigenvalue weighted by Gasteiger charge is -2.36. The van der Waals surface area contributed by atoms with Crippen molar-refractivity contribution in [1.29, 1.82) is 0 Å². The van der Waals surface area contributed by atoms with Crippen LogP contribution in [0, 0.1) is 0 Å². The highest BCUT2D eigenvalue weighted by Gasteiger charge is 2.21. The number of nitrogens with two attached hydrogens (primary N) is 1. The van der Waals surface area contributed by atoms with E-state index in [0.717, 1.165) is 12.5 Å². The number of anilines is 1. The third-order valence-corrected chi connectivity index (χ3v) is 3.52. The van der Waals surface area contributed by atoms with Gasteiger partial charge in [0.1, 0.15) is 0 Å². The Kier molecular flexibility index (Phi) is 3.49. The van der Waals surface area contributed by atoms with E-state index >= 15 is 0 Å². The van der Waals surface area contributed by atoms with Crippen molar-refractivity contribution in [2.45, 2.75) is 44.7 Å². The Morgan fingerprint density at radius 3 is 2.38 bits per heavy atom. The summed E-state index contributed by atoms with van der Waals surface area (Å²) in [5.41, 5.74) is 8.46. The fourth-order valence-corrected chi connectivity index (χ4v) is 2.22. The molecular formula is C14H22N2. The predicted molar refractivity (Wildman–Crippen MR) is 69.8 cm³/mol. The van der Waals surface area contributed by atoms with Gasteiger partial charge in [0.25, 0.3) is 0 Å². The van der Waals surface area contributed by atoms with Crippen LogP contribution >= 0.6 is 0 Å². The first-order valence-electron chi connectivity index (χ1n) is 6.24. The zero-order valence-corrected chi connectivity index (χ0v) is 10.3. The minimum absolute atomic E-state index is 0.246. The molecule has 0 aromatic heterocycles.